The zero-order valence-electron chi connectivity index (χ0n) is 20.7. The average Bonchev–Trinajstić information content (AvgIpc) is 3.41. The Balaban J connectivity index is 1.54. The third-order valence-corrected chi connectivity index (χ3v) is 6.29. The van der Waals surface area contributed by atoms with Crippen LogP contribution in [0.25, 0.3) is 0 Å². The van der Waals surface area contributed by atoms with Gasteiger partial charge in [0.1, 0.15) is 0 Å². The lowest BCUT2D eigenvalue weighted by atomic mass is 9.96. The zero-order chi connectivity index (χ0) is 25.0. The standard InChI is InChI=1S/C28H37N3O4/c1-21(8-6-12-26(33)31(18-19-32)20-22-9-4-3-5-10-22)27(35-2)23-13-15-24(16-14-23)30-28(34)25-11-7-17-29-25/h3-6,8-10,13-16,21,25,27,29,32H,7,11-12,17-20H2,1-2H3,(H,30,34)/b8-6+/t21-,25+,27+/m0/s1. The zero-order valence-corrected chi connectivity index (χ0v) is 20.7. The van der Waals surface area contributed by atoms with Crippen molar-refractivity contribution in [3.05, 3.63) is 77.9 Å². The first-order chi connectivity index (χ1) is 17.0. The number of rotatable bonds is 12. The number of nitrogens with zero attached hydrogens (tertiary/aromatic N) is 1. The number of nitrogens with one attached hydrogen (secondary N) is 2. The summed E-state index contributed by atoms with van der Waals surface area (Å²) in [5.74, 6) is 0.00975. The number of carbonyl (C=O) groups excluding carboxylic acids is 2. The molecule has 3 rings (SSSR count). The molecule has 0 unspecified atom stereocenters. The van der Waals surface area contributed by atoms with E-state index in [1.54, 1.807) is 12.0 Å². The van der Waals surface area contributed by atoms with Crippen LogP contribution in [-0.4, -0.2) is 54.7 Å². The molecule has 2 amide bonds. The van der Waals surface area contributed by atoms with Crippen LogP contribution in [0.1, 0.15) is 43.4 Å². The highest BCUT2D eigenvalue weighted by Gasteiger charge is 2.22. The van der Waals surface area contributed by atoms with Gasteiger partial charge in [0.05, 0.1) is 18.8 Å². The molecule has 0 saturated carbocycles. The number of anilines is 1. The monoisotopic (exact) mass is 479 g/mol. The van der Waals surface area contributed by atoms with Crippen LogP contribution in [0.2, 0.25) is 0 Å². The summed E-state index contributed by atoms with van der Waals surface area (Å²) in [6, 6.07) is 17.4. The predicted molar refractivity (Wildman–Crippen MR) is 138 cm³/mol. The molecule has 2 aromatic carbocycles. The highest BCUT2D eigenvalue weighted by Crippen LogP contribution is 2.28. The molecule has 0 bridgehead atoms. The molecule has 7 nitrogen and oxygen atoms in total. The molecule has 0 aromatic heterocycles. The minimum atomic E-state index is -0.180. The summed E-state index contributed by atoms with van der Waals surface area (Å²) in [6.45, 7) is 3.64. The Bertz CT molecular complexity index is 956. The van der Waals surface area contributed by atoms with E-state index in [0.29, 0.717) is 13.1 Å². The fraction of sp³-hybridized carbons (Fsp3) is 0.429. The molecule has 3 N–H and O–H groups in total. The number of hydrogen-bond acceptors (Lipinski definition) is 5. The maximum atomic E-state index is 12.7. The summed E-state index contributed by atoms with van der Waals surface area (Å²) in [7, 11) is 1.67. The quantitative estimate of drug-likeness (QED) is 0.404. The van der Waals surface area contributed by atoms with E-state index in [1.165, 1.54) is 0 Å². The summed E-state index contributed by atoms with van der Waals surface area (Å²) >= 11 is 0. The van der Waals surface area contributed by atoms with E-state index in [9.17, 15) is 14.7 Å². The maximum Gasteiger partial charge on any atom is 0.241 e. The lowest BCUT2D eigenvalue weighted by Crippen LogP contribution is -2.35. The van der Waals surface area contributed by atoms with E-state index in [4.69, 9.17) is 4.74 Å². The molecule has 1 aliphatic rings. The topological polar surface area (TPSA) is 90.9 Å². The molecule has 2 aromatic rings. The minimum absolute atomic E-state index is 0.00187. The van der Waals surface area contributed by atoms with Crippen LogP contribution in [-0.2, 0) is 20.9 Å². The number of amides is 2. The van der Waals surface area contributed by atoms with Crippen molar-refractivity contribution < 1.29 is 19.4 Å². The normalized spacial score (nSPS) is 17.3. The van der Waals surface area contributed by atoms with E-state index in [2.05, 4.69) is 10.6 Å². The Morgan fingerprint density at radius 2 is 1.94 bits per heavy atom. The van der Waals surface area contributed by atoms with E-state index >= 15 is 0 Å². The summed E-state index contributed by atoms with van der Waals surface area (Å²) < 4.78 is 5.75. The molecule has 1 saturated heterocycles. The smallest absolute Gasteiger partial charge is 0.241 e. The second kappa shape index (κ2) is 13.8. The van der Waals surface area contributed by atoms with Crippen molar-refractivity contribution >= 4 is 17.5 Å². The fourth-order valence-electron chi connectivity index (χ4n) is 4.38. The van der Waals surface area contributed by atoms with Crippen LogP contribution < -0.4 is 10.6 Å². The molecular weight excluding hydrogens is 442 g/mol. The van der Waals surface area contributed by atoms with Crippen LogP contribution in [0.15, 0.2) is 66.7 Å². The molecule has 0 radical (unpaired) electrons. The van der Waals surface area contributed by atoms with Gasteiger partial charge in [0.15, 0.2) is 0 Å². The second-order valence-electron chi connectivity index (χ2n) is 8.93. The second-order valence-corrected chi connectivity index (χ2v) is 8.93. The largest absolute Gasteiger partial charge is 0.395 e. The van der Waals surface area contributed by atoms with Gasteiger partial charge in [-0.3, -0.25) is 9.59 Å². The summed E-state index contributed by atoms with van der Waals surface area (Å²) in [5.41, 5.74) is 2.79. The van der Waals surface area contributed by atoms with Gasteiger partial charge in [-0.1, -0.05) is 61.5 Å². The van der Waals surface area contributed by atoms with Crippen LogP contribution in [0.4, 0.5) is 5.69 Å². The van der Waals surface area contributed by atoms with Gasteiger partial charge < -0.3 is 25.4 Å². The number of aliphatic hydroxyl groups is 1. The first-order valence-corrected chi connectivity index (χ1v) is 12.3. The van der Waals surface area contributed by atoms with E-state index in [1.807, 2.05) is 73.7 Å². The lowest BCUT2D eigenvalue weighted by molar-refractivity contribution is -0.131. The fourth-order valence-corrected chi connectivity index (χ4v) is 4.38. The third-order valence-electron chi connectivity index (χ3n) is 6.29. The molecule has 188 valence electrons. The Labute approximate surface area is 208 Å². The van der Waals surface area contributed by atoms with Crippen molar-refractivity contribution in [1.29, 1.82) is 0 Å². The molecule has 1 aliphatic heterocycles. The van der Waals surface area contributed by atoms with Gasteiger partial charge in [-0.05, 0) is 42.6 Å². The number of methoxy groups -OCH3 is 1. The minimum Gasteiger partial charge on any atom is -0.395 e. The van der Waals surface area contributed by atoms with Crippen molar-refractivity contribution in [3.8, 4) is 0 Å². The SMILES string of the molecule is CO[C@@H](c1ccc(NC(=O)[C@H]2CCCN2)cc1)[C@@H](C)/C=C/CC(=O)N(CCO)Cc1ccccc1. The predicted octanol–water partition coefficient (Wildman–Crippen LogP) is 3.67. The van der Waals surface area contributed by atoms with Crippen LogP contribution in [0, 0.1) is 5.92 Å². The van der Waals surface area contributed by atoms with Crippen LogP contribution in [0.3, 0.4) is 0 Å². The summed E-state index contributed by atoms with van der Waals surface area (Å²) in [5, 5.41) is 15.5. The van der Waals surface area contributed by atoms with Crippen LogP contribution in [0.5, 0.6) is 0 Å². The average molecular weight is 480 g/mol. The van der Waals surface area contributed by atoms with Gasteiger partial charge in [0, 0.05) is 38.2 Å². The van der Waals surface area contributed by atoms with E-state index in [0.717, 1.165) is 36.2 Å². The highest BCUT2D eigenvalue weighted by molar-refractivity contribution is 5.95. The number of carbonyl (C=O) groups is 2. The molecule has 0 spiro atoms. The molecule has 1 heterocycles. The molecule has 1 fully saturated rings. The van der Waals surface area contributed by atoms with E-state index < -0.39 is 0 Å². The Kier molecular flexibility index (Phi) is 10.5. The molecule has 35 heavy (non-hydrogen) atoms. The summed E-state index contributed by atoms with van der Waals surface area (Å²) in [4.78, 5) is 26.7. The van der Waals surface area contributed by atoms with E-state index in [-0.39, 0.29) is 42.9 Å². The van der Waals surface area contributed by atoms with Crippen LogP contribution >= 0.6 is 0 Å². The molecule has 7 heteroatoms. The lowest BCUT2D eigenvalue weighted by Gasteiger charge is -2.22. The maximum absolute atomic E-state index is 12.7. The highest BCUT2D eigenvalue weighted by atomic mass is 16.5. The number of aliphatic hydroxyl groups excluding tert-OH is 1. The van der Waals surface area contributed by atoms with Crippen molar-refractivity contribution in [2.75, 3.05) is 32.1 Å². The Hall–Kier alpha value is -3.00. The molecule has 0 aliphatic carbocycles. The molecular formula is C28H37N3O4. The Morgan fingerprint density at radius 1 is 1.20 bits per heavy atom. The van der Waals surface area contributed by atoms with Crippen molar-refractivity contribution in [2.24, 2.45) is 5.92 Å². The number of hydrogen-bond donors (Lipinski definition) is 3. The first kappa shape index (κ1) is 26.6. The number of ether oxygens (including phenoxy) is 1. The van der Waals surface area contributed by atoms with Crippen molar-refractivity contribution in [1.82, 2.24) is 10.2 Å². The van der Waals surface area contributed by atoms with Gasteiger partial charge in [-0.15, -0.1) is 0 Å². The van der Waals surface area contributed by atoms with Gasteiger partial charge in [0.25, 0.3) is 0 Å². The Morgan fingerprint density at radius 3 is 2.57 bits per heavy atom. The van der Waals surface area contributed by atoms with Gasteiger partial charge in [-0.2, -0.15) is 0 Å². The third kappa shape index (κ3) is 8.02. The van der Waals surface area contributed by atoms with Gasteiger partial charge in [0.2, 0.25) is 11.8 Å². The van der Waals surface area contributed by atoms with Gasteiger partial charge in [-0.25, -0.2) is 0 Å². The molecule has 3 atom stereocenters. The van der Waals surface area contributed by atoms with Crippen molar-refractivity contribution in [3.63, 3.8) is 0 Å². The number of benzene rings is 2. The van der Waals surface area contributed by atoms with Crippen molar-refractivity contribution in [2.45, 2.75) is 44.9 Å². The first-order valence-electron chi connectivity index (χ1n) is 12.3. The van der Waals surface area contributed by atoms with Gasteiger partial charge >= 0.3 is 0 Å². The summed E-state index contributed by atoms with van der Waals surface area (Å²) in [6.07, 6.45) is 5.83.